The number of hydrogen-bond donors (Lipinski definition) is 2. The summed E-state index contributed by atoms with van der Waals surface area (Å²) in [5, 5.41) is 12.1. The third-order valence-corrected chi connectivity index (χ3v) is 4.20. The largest absolute Gasteiger partial charge is 0.477 e. The SMILES string of the molecule is Nc1cccc2c(-c3cccc4nc(C(=O)O)ccc34)cccc12. The molecule has 1 heterocycles. The number of nitrogens with two attached hydrogens (primary N) is 1. The van der Waals surface area contributed by atoms with E-state index in [-0.39, 0.29) is 5.69 Å². The van der Waals surface area contributed by atoms with Crippen molar-refractivity contribution in [3.8, 4) is 11.1 Å². The molecule has 0 spiro atoms. The number of carbonyl (C=O) groups is 1. The molecule has 0 saturated carbocycles. The number of nitrogen functional groups attached to an aromatic ring is 1. The van der Waals surface area contributed by atoms with Crippen LogP contribution in [0.5, 0.6) is 0 Å². The Labute approximate surface area is 138 Å². The van der Waals surface area contributed by atoms with Gasteiger partial charge < -0.3 is 10.8 Å². The van der Waals surface area contributed by atoms with Gasteiger partial charge >= 0.3 is 5.97 Å². The Morgan fingerprint density at radius 3 is 2.25 bits per heavy atom. The first-order chi connectivity index (χ1) is 11.6. The minimum atomic E-state index is -1.03. The summed E-state index contributed by atoms with van der Waals surface area (Å²) in [5.74, 6) is -1.03. The normalized spacial score (nSPS) is 11.0. The second kappa shape index (κ2) is 5.35. The second-order valence-electron chi connectivity index (χ2n) is 5.62. The van der Waals surface area contributed by atoms with Crippen LogP contribution < -0.4 is 5.73 Å². The van der Waals surface area contributed by atoms with E-state index in [4.69, 9.17) is 10.8 Å². The summed E-state index contributed by atoms with van der Waals surface area (Å²) >= 11 is 0. The van der Waals surface area contributed by atoms with Gasteiger partial charge in [0.15, 0.2) is 0 Å². The Bertz CT molecular complexity index is 1100. The van der Waals surface area contributed by atoms with E-state index in [0.717, 1.165) is 33.0 Å². The number of pyridine rings is 1. The van der Waals surface area contributed by atoms with Crippen molar-refractivity contribution >= 4 is 33.3 Å². The number of aromatic carboxylic acids is 1. The molecule has 4 heteroatoms. The van der Waals surface area contributed by atoms with E-state index >= 15 is 0 Å². The zero-order chi connectivity index (χ0) is 16.7. The van der Waals surface area contributed by atoms with Gasteiger partial charge in [-0.3, -0.25) is 0 Å². The van der Waals surface area contributed by atoms with Crippen LogP contribution in [0, 0.1) is 0 Å². The van der Waals surface area contributed by atoms with Gasteiger partial charge in [-0.2, -0.15) is 0 Å². The number of rotatable bonds is 2. The van der Waals surface area contributed by atoms with Gasteiger partial charge in [0.2, 0.25) is 0 Å². The summed E-state index contributed by atoms with van der Waals surface area (Å²) < 4.78 is 0. The van der Waals surface area contributed by atoms with Crippen LogP contribution in [0.15, 0.2) is 66.7 Å². The van der Waals surface area contributed by atoms with Gasteiger partial charge in [-0.15, -0.1) is 0 Å². The van der Waals surface area contributed by atoms with E-state index < -0.39 is 5.97 Å². The number of nitrogens with zero attached hydrogens (tertiary/aromatic N) is 1. The lowest BCUT2D eigenvalue weighted by molar-refractivity contribution is 0.0691. The molecule has 0 radical (unpaired) electrons. The van der Waals surface area contributed by atoms with Crippen LogP contribution in [-0.4, -0.2) is 16.1 Å². The van der Waals surface area contributed by atoms with Gasteiger partial charge in [-0.25, -0.2) is 9.78 Å². The molecule has 3 N–H and O–H groups in total. The van der Waals surface area contributed by atoms with E-state index in [1.165, 1.54) is 6.07 Å². The molecular weight excluding hydrogens is 300 g/mol. The first kappa shape index (κ1) is 14.2. The van der Waals surface area contributed by atoms with Crippen molar-refractivity contribution in [3.05, 3.63) is 72.4 Å². The lowest BCUT2D eigenvalue weighted by atomic mass is 9.94. The van der Waals surface area contributed by atoms with Gasteiger partial charge in [0, 0.05) is 16.5 Å². The van der Waals surface area contributed by atoms with E-state index in [9.17, 15) is 4.79 Å². The monoisotopic (exact) mass is 314 g/mol. The highest BCUT2D eigenvalue weighted by molar-refractivity contribution is 6.07. The Morgan fingerprint density at radius 1 is 0.792 bits per heavy atom. The van der Waals surface area contributed by atoms with Gasteiger partial charge in [0.05, 0.1) is 5.52 Å². The lowest BCUT2D eigenvalue weighted by Gasteiger charge is -2.11. The Balaban J connectivity index is 2.04. The molecular formula is C20H14N2O2. The van der Waals surface area contributed by atoms with Crippen molar-refractivity contribution in [1.29, 1.82) is 0 Å². The summed E-state index contributed by atoms with van der Waals surface area (Å²) in [6, 6.07) is 21.0. The number of anilines is 1. The minimum Gasteiger partial charge on any atom is -0.477 e. The molecule has 0 aliphatic heterocycles. The molecule has 0 bridgehead atoms. The van der Waals surface area contributed by atoms with Crippen molar-refractivity contribution in [2.75, 3.05) is 5.73 Å². The number of carboxylic acid groups (broad SMARTS) is 1. The molecule has 4 aromatic rings. The zero-order valence-electron chi connectivity index (χ0n) is 12.7. The maximum atomic E-state index is 11.1. The van der Waals surface area contributed by atoms with Crippen LogP contribution in [0.2, 0.25) is 0 Å². The van der Waals surface area contributed by atoms with Crippen LogP contribution in [0.1, 0.15) is 10.5 Å². The highest BCUT2D eigenvalue weighted by Crippen LogP contribution is 2.35. The van der Waals surface area contributed by atoms with Crippen LogP contribution in [0.3, 0.4) is 0 Å². The number of fused-ring (bicyclic) bond motifs is 2. The average molecular weight is 314 g/mol. The molecule has 0 saturated heterocycles. The van der Waals surface area contributed by atoms with E-state index in [0.29, 0.717) is 5.52 Å². The van der Waals surface area contributed by atoms with E-state index in [1.54, 1.807) is 0 Å². The fraction of sp³-hybridized carbons (Fsp3) is 0. The summed E-state index contributed by atoms with van der Waals surface area (Å²) in [4.78, 5) is 15.4. The number of hydrogen-bond acceptors (Lipinski definition) is 3. The molecule has 0 atom stereocenters. The summed E-state index contributed by atoms with van der Waals surface area (Å²) in [5.41, 5.74) is 9.59. The molecule has 3 aromatic carbocycles. The van der Waals surface area contributed by atoms with E-state index in [2.05, 4.69) is 4.98 Å². The van der Waals surface area contributed by atoms with Crippen LogP contribution in [0.25, 0.3) is 32.8 Å². The molecule has 0 aliphatic rings. The number of aromatic nitrogens is 1. The summed E-state index contributed by atoms with van der Waals surface area (Å²) in [6.45, 7) is 0. The average Bonchev–Trinajstić information content (AvgIpc) is 2.60. The van der Waals surface area contributed by atoms with Crippen molar-refractivity contribution in [1.82, 2.24) is 4.98 Å². The Morgan fingerprint density at radius 2 is 1.46 bits per heavy atom. The minimum absolute atomic E-state index is 0.0433. The predicted octanol–water partition coefficient (Wildman–Crippen LogP) is 4.34. The number of carboxylic acids is 1. The number of benzene rings is 3. The van der Waals surface area contributed by atoms with Crippen LogP contribution in [0.4, 0.5) is 5.69 Å². The zero-order valence-corrected chi connectivity index (χ0v) is 12.7. The fourth-order valence-corrected chi connectivity index (χ4v) is 3.08. The molecule has 4 nitrogen and oxygen atoms in total. The molecule has 0 amide bonds. The quantitative estimate of drug-likeness (QED) is 0.540. The smallest absolute Gasteiger partial charge is 0.354 e. The third kappa shape index (κ3) is 2.16. The first-order valence-electron chi connectivity index (χ1n) is 7.56. The highest BCUT2D eigenvalue weighted by atomic mass is 16.4. The van der Waals surface area contributed by atoms with Crippen molar-refractivity contribution in [3.63, 3.8) is 0 Å². The lowest BCUT2D eigenvalue weighted by Crippen LogP contribution is -2.00. The topological polar surface area (TPSA) is 76.2 Å². The summed E-state index contributed by atoms with van der Waals surface area (Å²) in [7, 11) is 0. The maximum absolute atomic E-state index is 11.1. The standard InChI is InChI=1S/C20H14N2O2/c21-17-8-2-5-13-12(4-1-7-15(13)17)14-6-3-9-18-16(14)10-11-19(22-18)20(23)24/h1-11H,21H2,(H,23,24). The molecule has 116 valence electrons. The predicted molar refractivity (Wildman–Crippen MR) is 96.1 cm³/mol. The van der Waals surface area contributed by atoms with E-state index in [1.807, 2.05) is 60.7 Å². The highest BCUT2D eigenvalue weighted by Gasteiger charge is 2.11. The maximum Gasteiger partial charge on any atom is 0.354 e. The Kier molecular flexibility index (Phi) is 3.17. The molecule has 4 rings (SSSR count). The van der Waals surface area contributed by atoms with Crippen LogP contribution in [-0.2, 0) is 0 Å². The van der Waals surface area contributed by atoms with Gasteiger partial charge in [0.1, 0.15) is 5.69 Å². The van der Waals surface area contributed by atoms with Gasteiger partial charge in [-0.05, 0) is 40.8 Å². The van der Waals surface area contributed by atoms with Crippen LogP contribution >= 0.6 is 0 Å². The Hall–Kier alpha value is -3.40. The first-order valence-corrected chi connectivity index (χ1v) is 7.56. The molecule has 0 unspecified atom stereocenters. The van der Waals surface area contributed by atoms with Crippen molar-refractivity contribution < 1.29 is 9.90 Å². The fourth-order valence-electron chi connectivity index (χ4n) is 3.08. The second-order valence-corrected chi connectivity index (χ2v) is 5.62. The third-order valence-electron chi connectivity index (χ3n) is 4.20. The van der Waals surface area contributed by atoms with Gasteiger partial charge in [0.25, 0.3) is 0 Å². The van der Waals surface area contributed by atoms with Crippen molar-refractivity contribution in [2.45, 2.75) is 0 Å². The summed E-state index contributed by atoms with van der Waals surface area (Å²) in [6.07, 6.45) is 0. The molecule has 24 heavy (non-hydrogen) atoms. The molecule has 0 fully saturated rings. The molecule has 0 aliphatic carbocycles. The molecule has 1 aromatic heterocycles. The van der Waals surface area contributed by atoms with Gasteiger partial charge in [-0.1, -0.05) is 42.5 Å². The van der Waals surface area contributed by atoms with Crippen molar-refractivity contribution in [2.24, 2.45) is 0 Å².